The molecule has 0 unspecified atom stereocenters. The van der Waals surface area contributed by atoms with E-state index in [-0.39, 0.29) is 24.0 Å². The molecule has 7 heteroatoms. The van der Waals surface area contributed by atoms with E-state index in [2.05, 4.69) is 34.5 Å². The van der Waals surface area contributed by atoms with Crippen LogP contribution in [0.5, 0.6) is 0 Å². The minimum absolute atomic E-state index is 0. The molecule has 0 aliphatic rings. The highest BCUT2D eigenvalue weighted by Gasteiger charge is 2.01. The Morgan fingerprint density at radius 2 is 2.00 bits per heavy atom. The van der Waals surface area contributed by atoms with Crippen LogP contribution >= 0.6 is 46.9 Å². The fourth-order valence-electron chi connectivity index (χ4n) is 1.91. The summed E-state index contributed by atoms with van der Waals surface area (Å²) in [6.45, 7) is 6.42. The van der Waals surface area contributed by atoms with Crippen LogP contribution in [-0.4, -0.2) is 24.0 Å². The largest absolute Gasteiger partial charge is 0.357 e. The van der Waals surface area contributed by atoms with Crippen molar-refractivity contribution in [3.05, 3.63) is 50.9 Å². The Morgan fingerprint density at radius 1 is 1.26 bits per heavy atom. The van der Waals surface area contributed by atoms with Gasteiger partial charge in [-0.2, -0.15) is 0 Å². The number of rotatable bonds is 6. The molecule has 0 radical (unpaired) electrons. The van der Waals surface area contributed by atoms with Gasteiger partial charge in [-0.05, 0) is 31.5 Å². The molecule has 0 aliphatic carbocycles. The highest BCUT2D eigenvalue weighted by Crippen LogP contribution is 2.11. The maximum Gasteiger partial charge on any atom is 0.191 e. The van der Waals surface area contributed by atoms with Gasteiger partial charge in [0.25, 0.3) is 0 Å². The molecule has 0 amide bonds. The van der Waals surface area contributed by atoms with Crippen molar-refractivity contribution in [2.24, 2.45) is 4.99 Å². The van der Waals surface area contributed by atoms with Crippen LogP contribution < -0.4 is 10.6 Å². The Labute approximate surface area is 163 Å². The molecular formula is C16H22ClIN4S. The van der Waals surface area contributed by atoms with E-state index >= 15 is 0 Å². The van der Waals surface area contributed by atoms with Crippen LogP contribution in [0.3, 0.4) is 0 Å². The van der Waals surface area contributed by atoms with E-state index in [1.165, 1.54) is 4.88 Å². The molecular weight excluding hydrogens is 443 g/mol. The summed E-state index contributed by atoms with van der Waals surface area (Å²) in [7, 11) is 0. The van der Waals surface area contributed by atoms with E-state index in [0.717, 1.165) is 41.1 Å². The maximum atomic E-state index is 5.89. The van der Waals surface area contributed by atoms with Crippen LogP contribution in [0.4, 0.5) is 0 Å². The van der Waals surface area contributed by atoms with Gasteiger partial charge in [0.05, 0.1) is 11.6 Å². The summed E-state index contributed by atoms with van der Waals surface area (Å²) in [5, 5.41) is 8.49. The van der Waals surface area contributed by atoms with Gasteiger partial charge in [-0.15, -0.1) is 35.3 Å². The number of benzene rings is 1. The molecule has 1 heterocycles. The van der Waals surface area contributed by atoms with Gasteiger partial charge in [0.15, 0.2) is 5.96 Å². The highest BCUT2D eigenvalue weighted by molar-refractivity contribution is 14.0. The van der Waals surface area contributed by atoms with E-state index in [1.54, 1.807) is 11.3 Å². The molecule has 1 aromatic carbocycles. The van der Waals surface area contributed by atoms with Crippen molar-refractivity contribution in [1.29, 1.82) is 0 Å². The second kappa shape index (κ2) is 10.8. The molecule has 0 fully saturated rings. The fraction of sp³-hybridized carbons (Fsp3) is 0.375. The van der Waals surface area contributed by atoms with E-state index < -0.39 is 0 Å². The fourth-order valence-corrected chi connectivity index (χ4v) is 2.82. The molecule has 2 aromatic rings. The maximum absolute atomic E-state index is 5.89. The number of halogens is 2. The first kappa shape index (κ1) is 20.2. The zero-order valence-electron chi connectivity index (χ0n) is 13.3. The van der Waals surface area contributed by atoms with Gasteiger partial charge in [0, 0.05) is 35.6 Å². The Hall–Kier alpha value is -0.860. The summed E-state index contributed by atoms with van der Waals surface area (Å²) in [5.41, 5.74) is 1.14. The summed E-state index contributed by atoms with van der Waals surface area (Å²) in [6.07, 6.45) is 2.82. The second-order valence-corrected chi connectivity index (χ2v) is 6.62. The average Bonchev–Trinajstić information content (AvgIpc) is 2.92. The molecule has 0 saturated carbocycles. The van der Waals surface area contributed by atoms with Crippen LogP contribution in [0.2, 0.25) is 5.02 Å². The molecule has 0 atom stereocenters. The van der Waals surface area contributed by atoms with E-state index in [0.29, 0.717) is 6.54 Å². The van der Waals surface area contributed by atoms with Crippen molar-refractivity contribution in [3.8, 4) is 0 Å². The molecule has 23 heavy (non-hydrogen) atoms. The van der Waals surface area contributed by atoms with Crippen LogP contribution in [0.15, 0.2) is 35.5 Å². The molecule has 126 valence electrons. The Bertz CT molecular complexity index is 613. The van der Waals surface area contributed by atoms with Crippen molar-refractivity contribution in [1.82, 2.24) is 15.6 Å². The first-order valence-corrected chi connectivity index (χ1v) is 8.54. The number of guanidine groups is 1. The summed E-state index contributed by atoms with van der Waals surface area (Å²) in [5.74, 6) is 0.825. The average molecular weight is 465 g/mol. The molecule has 0 bridgehead atoms. The lowest BCUT2D eigenvalue weighted by molar-refractivity contribution is 0.796. The lowest BCUT2D eigenvalue weighted by Crippen LogP contribution is -2.38. The van der Waals surface area contributed by atoms with E-state index in [4.69, 9.17) is 11.6 Å². The van der Waals surface area contributed by atoms with Crippen molar-refractivity contribution in [3.63, 3.8) is 0 Å². The van der Waals surface area contributed by atoms with Crippen molar-refractivity contribution < 1.29 is 0 Å². The van der Waals surface area contributed by atoms with Crippen LogP contribution in [0.1, 0.15) is 22.4 Å². The lowest BCUT2D eigenvalue weighted by atomic mass is 10.2. The standard InChI is InChI=1S/C16H21ClN4S.HI/c1-3-18-16(19-9-8-15-20-10-12(2)22-15)21-11-13-4-6-14(17)7-5-13;/h4-7,10H,3,8-9,11H2,1-2H3,(H2,18,19,21);1H. The number of nitrogens with one attached hydrogen (secondary N) is 2. The highest BCUT2D eigenvalue weighted by atomic mass is 127. The third-order valence-corrected chi connectivity index (χ3v) is 4.20. The number of aliphatic imine (C=N–C) groups is 1. The molecule has 1 aromatic heterocycles. The van der Waals surface area contributed by atoms with Crippen LogP contribution in [-0.2, 0) is 13.0 Å². The topological polar surface area (TPSA) is 49.3 Å². The third kappa shape index (κ3) is 7.50. The Balaban J connectivity index is 0.00000264. The molecule has 2 N–H and O–H groups in total. The Kier molecular flexibility index (Phi) is 9.50. The zero-order valence-corrected chi connectivity index (χ0v) is 17.2. The van der Waals surface area contributed by atoms with Crippen molar-refractivity contribution in [2.45, 2.75) is 26.8 Å². The number of aromatic nitrogens is 1. The number of hydrogen-bond donors (Lipinski definition) is 2. The molecule has 0 spiro atoms. The third-order valence-electron chi connectivity index (χ3n) is 2.98. The number of thiazole rings is 1. The number of aryl methyl sites for hydroxylation is 1. The molecule has 2 rings (SSSR count). The van der Waals surface area contributed by atoms with Gasteiger partial charge in [-0.3, -0.25) is 0 Å². The lowest BCUT2D eigenvalue weighted by Gasteiger charge is -2.10. The Morgan fingerprint density at radius 3 is 2.61 bits per heavy atom. The predicted molar refractivity (Wildman–Crippen MR) is 110 cm³/mol. The van der Waals surface area contributed by atoms with Gasteiger partial charge in [-0.1, -0.05) is 23.7 Å². The summed E-state index contributed by atoms with van der Waals surface area (Å²) in [4.78, 5) is 10.2. The van der Waals surface area contributed by atoms with E-state index in [1.807, 2.05) is 30.5 Å². The SMILES string of the molecule is CCNC(=NCc1ccc(Cl)cc1)NCCc1ncc(C)s1.I. The second-order valence-electron chi connectivity index (χ2n) is 4.86. The molecule has 4 nitrogen and oxygen atoms in total. The molecule has 0 aliphatic heterocycles. The van der Waals surface area contributed by atoms with Crippen LogP contribution in [0.25, 0.3) is 0 Å². The minimum Gasteiger partial charge on any atom is -0.357 e. The smallest absolute Gasteiger partial charge is 0.191 e. The van der Waals surface area contributed by atoms with Crippen molar-refractivity contribution in [2.75, 3.05) is 13.1 Å². The number of hydrogen-bond acceptors (Lipinski definition) is 3. The summed E-state index contributed by atoms with van der Waals surface area (Å²) in [6, 6.07) is 7.76. The monoisotopic (exact) mass is 464 g/mol. The first-order chi connectivity index (χ1) is 10.7. The van der Waals surface area contributed by atoms with Gasteiger partial charge in [-0.25, -0.2) is 9.98 Å². The van der Waals surface area contributed by atoms with Gasteiger partial charge < -0.3 is 10.6 Å². The van der Waals surface area contributed by atoms with Crippen LogP contribution in [0, 0.1) is 6.92 Å². The molecule has 0 saturated heterocycles. The predicted octanol–water partition coefficient (Wildman–Crippen LogP) is 4.02. The van der Waals surface area contributed by atoms with Gasteiger partial charge in [0.1, 0.15) is 0 Å². The van der Waals surface area contributed by atoms with Gasteiger partial charge >= 0.3 is 0 Å². The number of nitrogens with zero attached hydrogens (tertiary/aromatic N) is 2. The van der Waals surface area contributed by atoms with Crippen molar-refractivity contribution >= 4 is 52.9 Å². The minimum atomic E-state index is 0. The normalized spacial score (nSPS) is 11.0. The summed E-state index contributed by atoms with van der Waals surface area (Å²) < 4.78 is 0. The first-order valence-electron chi connectivity index (χ1n) is 7.35. The zero-order chi connectivity index (χ0) is 15.8. The summed E-state index contributed by atoms with van der Waals surface area (Å²) >= 11 is 7.63. The quantitative estimate of drug-likeness (QED) is 0.386. The van der Waals surface area contributed by atoms with E-state index in [9.17, 15) is 0 Å². The van der Waals surface area contributed by atoms with Gasteiger partial charge in [0.2, 0.25) is 0 Å².